The Morgan fingerprint density at radius 1 is 1.50 bits per heavy atom. The lowest BCUT2D eigenvalue weighted by molar-refractivity contribution is 0.181. The molecule has 0 spiro atoms. The normalized spacial score (nSPS) is 12.7. The molecule has 3 nitrogen and oxygen atoms in total. The van der Waals surface area contributed by atoms with Crippen LogP contribution < -0.4 is 0 Å². The Labute approximate surface area is 106 Å². The van der Waals surface area contributed by atoms with Gasteiger partial charge >= 0.3 is 0 Å². The number of aryl methyl sites for hydroxylation is 1. The molecule has 0 bridgehead atoms. The smallest absolute Gasteiger partial charge is 0.0941 e. The van der Waals surface area contributed by atoms with E-state index in [1.807, 2.05) is 13.0 Å². The highest BCUT2D eigenvalue weighted by atomic mass is 79.9. The van der Waals surface area contributed by atoms with E-state index in [0.717, 1.165) is 20.6 Å². The second kappa shape index (κ2) is 5.03. The average molecular weight is 299 g/mol. The molecular formula is C11H11BrN2OS. The van der Waals surface area contributed by atoms with E-state index in [4.69, 9.17) is 0 Å². The van der Waals surface area contributed by atoms with Crippen LogP contribution in [0.4, 0.5) is 0 Å². The van der Waals surface area contributed by atoms with Crippen LogP contribution in [0.5, 0.6) is 0 Å². The second-order valence-electron chi connectivity index (χ2n) is 3.53. The van der Waals surface area contributed by atoms with Gasteiger partial charge in [0.1, 0.15) is 0 Å². The van der Waals surface area contributed by atoms with Gasteiger partial charge in [-0.15, -0.1) is 11.3 Å². The summed E-state index contributed by atoms with van der Waals surface area (Å²) < 4.78 is 0.929. The van der Waals surface area contributed by atoms with E-state index in [9.17, 15) is 5.11 Å². The monoisotopic (exact) mass is 298 g/mol. The summed E-state index contributed by atoms with van der Waals surface area (Å²) in [4.78, 5) is 9.13. The van der Waals surface area contributed by atoms with Crippen LogP contribution in [0.3, 0.4) is 0 Å². The molecule has 0 radical (unpaired) electrons. The number of pyridine rings is 1. The molecule has 2 aromatic heterocycles. The van der Waals surface area contributed by atoms with Crippen molar-refractivity contribution in [1.29, 1.82) is 0 Å². The summed E-state index contributed by atoms with van der Waals surface area (Å²) in [6.45, 7) is 1.91. The lowest BCUT2D eigenvalue weighted by atomic mass is 10.1. The molecule has 1 unspecified atom stereocenters. The fourth-order valence-electron chi connectivity index (χ4n) is 1.51. The molecule has 0 aliphatic rings. The molecule has 2 heterocycles. The Balaban J connectivity index is 2.14. The molecule has 2 aromatic rings. The highest BCUT2D eigenvalue weighted by Gasteiger charge is 2.13. The summed E-state index contributed by atoms with van der Waals surface area (Å²) in [6, 6.07) is 1.96. The third kappa shape index (κ3) is 2.66. The van der Waals surface area contributed by atoms with Crippen molar-refractivity contribution in [3.63, 3.8) is 0 Å². The summed E-state index contributed by atoms with van der Waals surface area (Å²) >= 11 is 4.85. The van der Waals surface area contributed by atoms with Gasteiger partial charge < -0.3 is 5.11 Å². The SMILES string of the molecule is Cc1ncsc1C(O)Cc1cncc(Br)c1. The van der Waals surface area contributed by atoms with E-state index in [0.29, 0.717) is 6.42 Å². The maximum absolute atomic E-state index is 10.1. The highest BCUT2D eigenvalue weighted by Crippen LogP contribution is 2.25. The molecule has 0 aliphatic carbocycles. The lowest BCUT2D eigenvalue weighted by Crippen LogP contribution is -2.01. The third-order valence-corrected chi connectivity index (χ3v) is 3.74. The quantitative estimate of drug-likeness (QED) is 0.948. The number of aliphatic hydroxyl groups excluding tert-OH is 1. The molecule has 5 heteroatoms. The van der Waals surface area contributed by atoms with Crippen LogP contribution in [0.25, 0.3) is 0 Å². The van der Waals surface area contributed by atoms with Gasteiger partial charge in [-0.1, -0.05) is 0 Å². The predicted molar refractivity (Wildman–Crippen MR) is 67.5 cm³/mol. The Morgan fingerprint density at radius 2 is 2.31 bits per heavy atom. The van der Waals surface area contributed by atoms with Crippen molar-refractivity contribution in [2.24, 2.45) is 0 Å². The molecule has 0 amide bonds. The second-order valence-corrected chi connectivity index (χ2v) is 5.34. The first-order valence-corrected chi connectivity index (χ1v) is 6.51. The minimum atomic E-state index is -0.497. The Morgan fingerprint density at radius 3 is 2.94 bits per heavy atom. The van der Waals surface area contributed by atoms with Gasteiger partial charge in [0.15, 0.2) is 0 Å². The van der Waals surface area contributed by atoms with E-state index in [1.54, 1.807) is 17.9 Å². The molecule has 0 saturated carbocycles. The summed E-state index contributed by atoms with van der Waals surface area (Å²) in [5.41, 5.74) is 3.67. The fraction of sp³-hybridized carbons (Fsp3) is 0.273. The van der Waals surface area contributed by atoms with Crippen LogP contribution in [-0.4, -0.2) is 15.1 Å². The Bertz CT molecular complexity index is 486. The molecule has 1 N–H and O–H groups in total. The van der Waals surface area contributed by atoms with E-state index in [2.05, 4.69) is 25.9 Å². The Hall–Kier alpha value is -0.780. The van der Waals surface area contributed by atoms with Gasteiger partial charge in [0.2, 0.25) is 0 Å². The van der Waals surface area contributed by atoms with Crippen molar-refractivity contribution in [1.82, 2.24) is 9.97 Å². The number of aliphatic hydroxyl groups is 1. The summed E-state index contributed by atoms with van der Waals surface area (Å²) in [5.74, 6) is 0. The molecule has 0 fully saturated rings. The van der Waals surface area contributed by atoms with Crippen molar-refractivity contribution >= 4 is 27.3 Å². The van der Waals surface area contributed by atoms with Gasteiger partial charge in [-0.05, 0) is 34.5 Å². The fourth-order valence-corrected chi connectivity index (χ4v) is 2.71. The first kappa shape index (κ1) is 11.7. The van der Waals surface area contributed by atoms with E-state index >= 15 is 0 Å². The molecule has 0 aromatic carbocycles. The molecule has 0 aliphatic heterocycles. The van der Waals surface area contributed by atoms with Crippen LogP contribution >= 0.6 is 27.3 Å². The molecule has 84 valence electrons. The molecule has 2 rings (SSSR count). The molecule has 16 heavy (non-hydrogen) atoms. The lowest BCUT2D eigenvalue weighted by Gasteiger charge is -2.09. The van der Waals surface area contributed by atoms with Gasteiger partial charge in [0, 0.05) is 23.3 Å². The molecule has 0 saturated heterocycles. The zero-order valence-corrected chi connectivity index (χ0v) is 11.1. The minimum Gasteiger partial charge on any atom is -0.387 e. The van der Waals surface area contributed by atoms with E-state index in [1.165, 1.54) is 11.3 Å². The van der Waals surface area contributed by atoms with Gasteiger partial charge in [0.05, 0.1) is 22.2 Å². The van der Waals surface area contributed by atoms with Crippen molar-refractivity contribution in [2.75, 3.05) is 0 Å². The van der Waals surface area contributed by atoms with Crippen LogP contribution in [0.15, 0.2) is 28.4 Å². The van der Waals surface area contributed by atoms with Crippen molar-refractivity contribution in [2.45, 2.75) is 19.4 Å². The number of thiazole rings is 1. The highest BCUT2D eigenvalue weighted by molar-refractivity contribution is 9.10. The van der Waals surface area contributed by atoms with Gasteiger partial charge in [-0.3, -0.25) is 4.98 Å². The number of halogens is 1. The minimum absolute atomic E-state index is 0.497. The van der Waals surface area contributed by atoms with Crippen LogP contribution in [0, 0.1) is 6.92 Å². The van der Waals surface area contributed by atoms with E-state index < -0.39 is 6.10 Å². The van der Waals surface area contributed by atoms with Crippen molar-refractivity contribution < 1.29 is 5.11 Å². The molecule has 1 atom stereocenters. The number of hydrogen-bond acceptors (Lipinski definition) is 4. The van der Waals surface area contributed by atoms with Crippen molar-refractivity contribution in [3.05, 3.63) is 44.6 Å². The topological polar surface area (TPSA) is 46.0 Å². The van der Waals surface area contributed by atoms with Crippen LogP contribution in [-0.2, 0) is 6.42 Å². The maximum atomic E-state index is 10.1. The largest absolute Gasteiger partial charge is 0.387 e. The van der Waals surface area contributed by atoms with Gasteiger partial charge in [-0.2, -0.15) is 0 Å². The van der Waals surface area contributed by atoms with E-state index in [-0.39, 0.29) is 0 Å². The van der Waals surface area contributed by atoms with Gasteiger partial charge in [0.25, 0.3) is 0 Å². The predicted octanol–water partition coefficient (Wildman–Crippen LogP) is 2.89. The number of nitrogens with zero attached hydrogens (tertiary/aromatic N) is 2. The average Bonchev–Trinajstić information content (AvgIpc) is 2.64. The molecular weight excluding hydrogens is 288 g/mol. The number of rotatable bonds is 3. The number of hydrogen-bond donors (Lipinski definition) is 1. The summed E-state index contributed by atoms with van der Waals surface area (Å²) in [6.07, 6.45) is 3.57. The zero-order chi connectivity index (χ0) is 11.5. The van der Waals surface area contributed by atoms with Gasteiger partial charge in [-0.25, -0.2) is 4.98 Å². The first-order chi connectivity index (χ1) is 7.66. The number of aromatic nitrogens is 2. The summed E-state index contributed by atoms with van der Waals surface area (Å²) in [7, 11) is 0. The first-order valence-electron chi connectivity index (χ1n) is 4.84. The van der Waals surface area contributed by atoms with Crippen molar-refractivity contribution in [3.8, 4) is 0 Å². The summed E-state index contributed by atoms with van der Waals surface area (Å²) in [5, 5.41) is 10.1. The zero-order valence-electron chi connectivity index (χ0n) is 8.72. The standard InChI is InChI=1S/C11H11BrN2OS/c1-7-11(16-6-14-7)10(15)3-8-2-9(12)5-13-4-8/h2,4-6,10,15H,3H2,1H3. The van der Waals surface area contributed by atoms with Crippen LogP contribution in [0.1, 0.15) is 22.2 Å². The Kier molecular flexibility index (Phi) is 3.68. The van der Waals surface area contributed by atoms with Crippen LogP contribution in [0.2, 0.25) is 0 Å². The third-order valence-electron chi connectivity index (χ3n) is 2.28. The maximum Gasteiger partial charge on any atom is 0.0941 e.